The molecule has 0 bridgehead atoms. The Hall–Kier alpha value is -1.06. The predicted molar refractivity (Wildman–Crippen MR) is 101 cm³/mol. The van der Waals surface area contributed by atoms with Gasteiger partial charge in [-0.25, -0.2) is 0 Å². The number of hydrogen-bond acceptors (Lipinski definition) is 3. The van der Waals surface area contributed by atoms with E-state index in [0.29, 0.717) is 12.0 Å². The molecule has 1 fully saturated rings. The van der Waals surface area contributed by atoms with Crippen molar-refractivity contribution in [2.24, 2.45) is 5.92 Å². The summed E-state index contributed by atoms with van der Waals surface area (Å²) in [5.74, 6) is 1.66. The Labute approximate surface area is 148 Å². The second-order valence-corrected chi connectivity index (χ2v) is 7.30. The van der Waals surface area contributed by atoms with E-state index in [0.717, 1.165) is 32.1 Å². The summed E-state index contributed by atoms with van der Waals surface area (Å²) >= 11 is 0. The molecule has 3 nitrogen and oxygen atoms in total. The monoisotopic (exact) mass is 333 g/mol. The van der Waals surface area contributed by atoms with Crippen molar-refractivity contribution in [2.45, 2.75) is 64.8 Å². The summed E-state index contributed by atoms with van der Waals surface area (Å²) < 4.78 is 11.1. The van der Waals surface area contributed by atoms with Gasteiger partial charge in [-0.2, -0.15) is 0 Å². The van der Waals surface area contributed by atoms with Gasteiger partial charge in [-0.05, 0) is 56.7 Å². The van der Waals surface area contributed by atoms with Gasteiger partial charge in [0.2, 0.25) is 0 Å². The largest absolute Gasteiger partial charge is 0.494 e. The molecule has 0 radical (unpaired) electrons. The average Bonchev–Trinajstić information content (AvgIpc) is 2.51. The van der Waals surface area contributed by atoms with Crippen LogP contribution in [0.3, 0.4) is 0 Å². The molecule has 0 spiro atoms. The summed E-state index contributed by atoms with van der Waals surface area (Å²) in [4.78, 5) is 0. The quantitative estimate of drug-likeness (QED) is 0.603. The molecule has 0 amide bonds. The summed E-state index contributed by atoms with van der Waals surface area (Å²) in [7, 11) is 0. The van der Waals surface area contributed by atoms with Crippen molar-refractivity contribution >= 4 is 0 Å². The van der Waals surface area contributed by atoms with Gasteiger partial charge in [0.15, 0.2) is 0 Å². The summed E-state index contributed by atoms with van der Waals surface area (Å²) in [6.07, 6.45) is 5.09. The van der Waals surface area contributed by atoms with Crippen molar-refractivity contribution in [1.82, 2.24) is 5.32 Å². The molecule has 3 heteroatoms. The first-order valence-corrected chi connectivity index (χ1v) is 9.66. The minimum atomic E-state index is 0.279. The smallest absolute Gasteiger partial charge is 0.119 e. The molecular formula is C21H35NO2. The zero-order chi connectivity index (χ0) is 17.4. The minimum absolute atomic E-state index is 0.279. The van der Waals surface area contributed by atoms with Crippen LogP contribution < -0.4 is 10.1 Å². The summed E-state index contributed by atoms with van der Waals surface area (Å²) in [6, 6.07) is 9.34. The van der Waals surface area contributed by atoms with E-state index in [1.54, 1.807) is 0 Å². The Morgan fingerprint density at radius 1 is 1.08 bits per heavy atom. The van der Waals surface area contributed by atoms with Crippen molar-refractivity contribution < 1.29 is 9.47 Å². The highest BCUT2D eigenvalue weighted by Gasteiger charge is 2.45. The molecule has 2 rings (SSSR count). The molecule has 0 aromatic heterocycles. The molecule has 0 saturated heterocycles. The maximum atomic E-state index is 5.61. The first-order valence-electron chi connectivity index (χ1n) is 9.66. The molecule has 136 valence electrons. The van der Waals surface area contributed by atoms with Gasteiger partial charge in [-0.1, -0.05) is 32.4 Å². The van der Waals surface area contributed by atoms with Gasteiger partial charge in [0.05, 0.1) is 13.2 Å². The van der Waals surface area contributed by atoms with Crippen LogP contribution in [-0.2, 0) is 10.2 Å². The third-order valence-electron chi connectivity index (χ3n) is 5.20. The molecule has 1 aromatic rings. The maximum Gasteiger partial charge on any atom is 0.119 e. The fraction of sp³-hybridized carbons (Fsp3) is 0.714. The Morgan fingerprint density at radius 3 is 2.29 bits per heavy atom. The molecular weight excluding hydrogens is 298 g/mol. The molecule has 1 aliphatic carbocycles. The van der Waals surface area contributed by atoms with Crippen molar-refractivity contribution in [2.75, 3.05) is 26.4 Å². The van der Waals surface area contributed by atoms with Crippen molar-refractivity contribution in [1.29, 1.82) is 0 Å². The van der Waals surface area contributed by atoms with Crippen LogP contribution in [0, 0.1) is 5.92 Å². The van der Waals surface area contributed by atoms with Crippen LogP contribution in [0.2, 0.25) is 0 Å². The SMILES string of the molecule is CCOCCNC(CC(C)C)C1(c2ccc(OCC)cc2)CCC1. The van der Waals surface area contributed by atoms with E-state index in [1.165, 1.54) is 31.2 Å². The molecule has 1 aliphatic rings. The van der Waals surface area contributed by atoms with Gasteiger partial charge in [0, 0.05) is 24.6 Å². The van der Waals surface area contributed by atoms with Crippen LogP contribution in [0.1, 0.15) is 58.9 Å². The van der Waals surface area contributed by atoms with Crippen LogP contribution in [0.25, 0.3) is 0 Å². The molecule has 0 aliphatic heterocycles. The van der Waals surface area contributed by atoms with Crippen molar-refractivity contribution in [3.8, 4) is 5.75 Å². The lowest BCUT2D eigenvalue weighted by Gasteiger charge is -2.49. The topological polar surface area (TPSA) is 30.5 Å². The van der Waals surface area contributed by atoms with Gasteiger partial charge >= 0.3 is 0 Å². The highest BCUT2D eigenvalue weighted by molar-refractivity contribution is 5.35. The number of rotatable bonds is 11. The summed E-state index contributed by atoms with van der Waals surface area (Å²) in [6.45, 7) is 12.0. The van der Waals surface area contributed by atoms with Gasteiger partial charge in [-0.15, -0.1) is 0 Å². The lowest BCUT2D eigenvalue weighted by molar-refractivity contribution is 0.119. The van der Waals surface area contributed by atoms with Crippen molar-refractivity contribution in [3.63, 3.8) is 0 Å². The fourth-order valence-electron chi connectivity index (χ4n) is 3.87. The third kappa shape index (κ3) is 4.73. The van der Waals surface area contributed by atoms with E-state index in [4.69, 9.17) is 9.47 Å². The maximum absolute atomic E-state index is 5.61. The second-order valence-electron chi connectivity index (χ2n) is 7.30. The number of hydrogen-bond donors (Lipinski definition) is 1. The van der Waals surface area contributed by atoms with E-state index in [9.17, 15) is 0 Å². The lowest BCUT2D eigenvalue weighted by atomic mass is 9.59. The highest BCUT2D eigenvalue weighted by Crippen LogP contribution is 2.48. The highest BCUT2D eigenvalue weighted by atomic mass is 16.5. The molecule has 1 aromatic carbocycles. The summed E-state index contributed by atoms with van der Waals surface area (Å²) in [5, 5.41) is 3.81. The van der Waals surface area contributed by atoms with Crippen LogP contribution in [0.4, 0.5) is 0 Å². The summed E-state index contributed by atoms with van der Waals surface area (Å²) in [5.41, 5.74) is 1.74. The zero-order valence-electron chi connectivity index (χ0n) is 15.9. The van der Waals surface area contributed by atoms with E-state index in [-0.39, 0.29) is 5.41 Å². The predicted octanol–water partition coefficient (Wildman–Crippen LogP) is 4.55. The Morgan fingerprint density at radius 2 is 1.79 bits per heavy atom. The Kier molecular flexibility index (Phi) is 7.57. The van der Waals surface area contributed by atoms with Crippen LogP contribution in [0.5, 0.6) is 5.75 Å². The number of benzene rings is 1. The second kappa shape index (κ2) is 9.43. The molecule has 0 heterocycles. The Bertz CT molecular complexity index is 465. The molecule has 1 N–H and O–H groups in total. The fourth-order valence-corrected chi connectivity index (χ4v) is 3.87. The first-order chi connectivity index (χ1) is 11.6. The zero-order valence-corrected chi connectivity index (χ0v) is 15.9. The van der Waals surface area contributed by atoms with Gasteiger partial charge in [-0.3, -0.25) is 0 Å². The van der Waals surface area contributed by atoms with Crippen LogP contribution in [-0.4, -0.2) is 32.4 Å². The van der Waals surface area contributed by atoms with Crippen LogP contribution >= 0.6 is 0 Å². The van der Waals surface area contributed by atoms with Gasteiger partial charge in [0.25, 0.3) is 0 Å². The lowest BCUT2D eigenvalue weighted by Crippen LogP contribution is -2.54. The molecule has 24 heavy (non-hydrogen) atoms. The van der Waals surface area contributed by atoms with Crippen LogP contribution in [0.15, 0.2) is 24.3 Å². The van der Waals surface area contributed by atoms with Gasteiger partial charge < -0.3 is 14.8 Å². The first kappa shape index (κ1) is 19.3. The standard InChI is InChI=1S/C21H35NO2/c1-5-23-15-14-22-20(16-17(3)4)21(12-7-13-21)18-8-10-19(11-9-18)24-6-2/h8-11,17,20,22H,5-7,12-16H2,1-4H3. The Balaban J connectivity index is 2.12. The van der Waals surface area contributed by atoms with E-state index in [2.05, 4.69) is 50.4 Å². The number of ether oxygens (including phenoxy) is 2. The molecule has 1 saturated carbocycles. The van der Waals surface area contributed by atoms with E-state index in [1.807, 2.05) is 6.92 Å². The van der Waals surface area contributed by atoms with Crippen molar-refractivity contribution in [3.05, 3.63) is 29.8 Å². The number of nitrogens with one attached hydrogen (secondary N) is 1. The normalized spacial score (nSPS) is 17.5. The average molecular weight is 334 g/mol. The van der Waals surface area contributed by atoms with Gasteiger partial charge in [0.1, 0.15) is 5.75 Å². The molecule has 1 atom stereocenters. The van der Waals surface area contributed by atoms with E-state index >= 15 is 0 Å². The third-order valence-corrected chi connectivity index (χ3v) is 5.20. The minimum Gasteiger partial charge on any atom is -0.494 e. The van der Waals surface area contributed by atoms with E-state index < -0.39 is 0 Å². The molecule has 1 unspecified atom stereocenters.